The maximum Gasteiger partial charge on any atom is 0.325 e. The van der Waals surface area contributed by atoms with Crippen LogP contribution < -0.4 is 10.2 Å². The Morgan fingerprint density at radius 1 is 1.39 bits per heavy atom. The molecule has 0 atom stereocenters. The molecule has 3 heteroatoms. The molecular formula is C15H22N2O. The van der Waals surface area contributed by atoms with Gasteiger partial charge in [-0.05, 0) is 44.9 Å². The maximum atomic E-state index is 12.1. The van der Waals surface area contributed by atoms with Gasteiger partial charge in [0, 0.05) is 18.4 Å². The first-order valence-electron chi connectivity index (χ1n) is 6.38. The monoisotopic (exact) mass is 246 g/mol. The molecule has 0 radical (unpaired) electrons. The van der Waals surface area contributed by atoms with Crippen molar-refractivity contribution in [1.29, 1.82) is 0 Å². The molecule has 0 fully saturated rings. The molecule has 1 N–H and O–H groups in total. The molecule has 0 aliphatic heterocycles. The van der Waals surface area contributed by atoms with Crippen LogP contribution in [0.15, 0.2) is 36.0 Å². The van der Waals surface area contributed by atoms with Crippen LogP contribution in [0.4, 0.5) is 10.5 Å². The summed E-state index contributed by atoms with van der Waals surface area (Å²) in [5, 5.41) is 2.83. The molecule has 1 aromatic rings. The number of nitrogens with one attached hydrogen (secondary N) is 1. The highest BCUT2D eigenvalue weighted by Crippen LogP contribution is 2.15. The number of urea groups is 1. The third-order valence-electron chi connectivity index (χ3n) is 2.87. The van der Waals surface area contributed by atoms with Crippen LogP contribution >= 0.6 is 0 Å². The van der Waals surface area contributed by atoms with E-state index in [0.717, 1.165) is 23.2 Å². The minimum Gasteiger partial charge on any atom is -0.314 e. The van der Waals surface area contributed by atoms with E-state index in [1.807, 2.05) is 45.0 Å². The van der Waals surface area contributed by atoms with Gasteiger partial charge in [0.25, 0.3) is 0 Å². The van der Waals surface area contributed by atoms with E-state index in [2.05, 4.69) is 12.2 Å². The summed E-state index contributed by atoms with van der Waals surface area (Å²) < 4.78 is 0. The molecule has 0 bridgehead atoms. The van der Waals surface area contributed by atoms with Gasteiger partial charge in [-0.1, -0.05) is 24.6 Å². The third kappa shape index (κ3) is 3.91. The van der Waals surface area contributed by atoms with Crippen LogP contribution in [-0.4, -0.2) is 12.6 Å². The average Bonchev–Trinajstić information content (AvgIpc) is 2.37. The average molecular weight is 246 g/mol. The highest BCUT2D eigenvalue weighted by Gasteiger charge is 2.12. The zero-order valence-corrected chi connectivity index (χ0v) is 11.7. The summed E-state index contributed by atoms with van der Waals surface area (Å²) >= 11 is 0. The fraction of sp³-hybridized carbons (Fsp3) is 0.400. The van der Waals surface area contributed by atoms with E-state index in [1.165, 1.54) is 0 Å². The number of hydrogen-bond donors (Lipinski definition) is 1. The summed E-state index contributed by atoms with van der Waals surface area (Å²) in [5.41, 5.74) is 3.24. The lowest BCUT2D eigenvalue weighted by atomic mass is 10.2. The number of rotatable bonds is 4. The predicted octanol–water partition coefficient (Wildman–Crippen LogP) is 3.84. The largest absolute Gasteiger partial charge is 0.325 e. The second-order valence-electron chi connectivity index (χ2n) is 4.38. The number of carbonyl (C=O) groups excluding carboxylic acids is 1. The number of aryl methyl sites for hydroxylation is 1. The second-order valence-corrected chi connectivity index (χ2v) is 4.38. The summed E-state index contributed by atoms with van der Waals surface area (Å²) in [4.78, 5) is 13.8. The molecule has 2 amide bonds. The summed E-state index contributed by atoms with van der Waals surface area (Å²) in [6.07, 6.45) is 2.72. The van der Waals surface area contributed by atoms with E-state index in [4.69, 9.17) is 0 Å². The number of benzene rings is 1. The topological polar surface area (TPSA) is 32.3 Å². The van der Waals surface area contributed by atoms with E-state index < -0.39 is 0 Å². The standard InChI is InChI=1S/C15H22N2O/c1-5-12(3)11-16-15(18)17(6-2)14-9-7-8-13(4)10-14/h7-11H,5-6H2,1-4H3,(H,16,18)/b12-11+. The van der Waals surface area contributed by atoms with Crippen molar-refractivity contribution >= 4 is 11.7 Å². The minimum absolute atomic E-state index is 0.0871. The van der Waals surface area contributed by atoms with Crippen LogP contribution in [0.1, 0.15) is 32.8 Å². The molecule has 98 valence electrons. The van der Waals surface area contributed by atoms with Gasteiger partial charge in [0.1, 0.15) is 0 Å². The van der Waals surface area contributed by atoms with E-state index in [-0.39, 0.29) is 6.03 Å². The Bertz CT molecular complexity index is 438. The summed E-state index contributed by atoms with van der Waals surface area (Å²) in [7, 11) is 0. The van der Waals surface area contributed by atoms with Crippen molar-refractivity contribution in [2.24, 2.45) is 0 Å². The zero-order chi connectivity index (χ0) is 13.5. The summed E-state index contributed by atoms with van der Waals surface area (Å²) in [6.45, 7) is 8.71. The van der Waals surface area contributed by atoms with Gasteiger partial charge in [0.05, 0.1) is 0 Å². The first kappa shape index (κ1) is 14.3. The van der Waals surface area contributed by atoms with Crippen molar-refractivity contribution in [2.75, 3.05) is 11.4 Å². The molecule has 0 heterocycles. The minimum atomic E-state index is -0.0871. The molecular weight excluding hydrogens is 224 g/mol. The zero-order valence-electron chi connectivity index (χ0n) is 11.7. The Kier molecular flexibility index (Phi) is 5.43. The highest BCUT2D eigenvalue weighted by atomic mass is 16.2. The van der Waals surface area contributed by atoms with Crippen molar-refractivity contribution in [3.63, 3.8) is 0 Å². The Morgan fingerprint density at radius 3 is 2.67 bits per heavy atom. The molecule has 0 aliphatic carbocycles. The molecule has 1 aromatic carbocycles. The van der Waals surface area contributed by atoms with E-state index >= 15 is 0 Å². The van der Waals surface area contributed by atoms with Gasteiger partial charge in [0.15, 0.2) is 0 Å². The molecule has 0 saturated carbocycles. The lowest BCUT2D eigenvalue weighted by molar-refractivity contribution is 0.249. The van der Waals surface area contributed by atoms with Crippen LogP contribution in [0, 0.1) is 6.92 Å². The van der Waals surface area contributed by atoms with Crippen molar-refractivity contribution in [1.82, 2.24) is 5.32 Å². The van der Waals surface area contributed by atoms with Crippen LogP contribution in [0.5, 0.6) is 0 Å². The summed E-state index contributed by atoms with van der Waals surface area (Å²) in [6, 6.07) is 7.87. The van der Waals surface area contributed by atoms with Gasteiger partial charge in [-0.25, -0.2) is 4.79 Å². The van der Waals surface area contributed by atoms with Gasteiger partial charge in [-0.2, -0.15) is 0 Å². The molecule has 3 nitrogen and oxygen atoms in total. The Morgan fingerprint density at radius 2 is 2.11 bits per heavy atom. The Hall–Kier alpha value is -1.77. The van der Waals surface area contributed by atoms with Crippen molar-refractivity contribution < 1.29 is 4.79 Å². The van der Waals surface area contributed by atoms with E-state index in [9.17, 15) is 4.79 Å². The molecule has 0 aromatic heterocycles. The van der Waals surface area contributed by atoms with Gasteiger partial charge >= 0.3 is 6.03 Å². The van der Waals surface area contributed by atoms with Gasteiger partial charge < -0.3 is 5.32 Å². The van der Waals surface area contributed by atoms with Crippen LogP contribution in [0.3, 0.4) is 0 Å². The maximum absolute atomic E-state index is 12.1. The smallest absolute Gasteiger partial charge is 0.314 e. The first-order chi connectivity index (χ1) is 8.58. The highest BCUT2D eigenvalue weighted by molar-refractivity contribution is 5.92. The quantitative estimate of drug-likeness (QED) is 0.860. The van der Waals surface area contributed by atoms with Crippen molar-refractivity contribution in [3.8, 4) is 0 Å². The van der Waals surface area contributed by atoms with E-state index in [1.54, 1.807) is 11.1 Å². The number of anilines is 1. The van der Waals surface area contributed by atoms with Crippen LogP contribution in [-0.2, 0) is 0 Å². The molecule has 0 aliphatic rings. The van der Waals surface area contributed by atoms with Crippen molar-refractivity contribution in [3.05, 3.63) is 41.6 Å². The molecule has 0 unspecified atom stereocenters. The normalized spacial score (nSPS) is 11.2. The SMILES string of the molecule is CC/C(C)=C/NC(=O)N(CC)c1cccc(C)c1. The van der Waals surface area contributed by atoms with Crippen LogP contribution in [0.25, 0.3) is 0 Å². The van der Waals surface area contributed by atoms with Gasteiger partial charge in [-0.15, -0.1) is 0 Å². The number of hydrogen-bond acceptors (Lipinski definition) is 1. The fourth-order valence-corrected chi connectivity index (χ4v) is 1.60. The van der Waals surface area contributed by atoms with Gasteiger partial charge in [0.2, 0.25) is 0 Å². The first-order valence-corrected chi connectivity index (χ1v) is 6.38. The fourth-order valence-electron chi connectivity index (χ4n) is 1.60. The number of carbonyl (C=O) groups is 1. The second kappa shape index (κ2) is 6.84. The van der Waals surface area contributed by atoms with E-state index in [0.29, 0.717) is 6.54 Å². The Labute approximate surface area is 109 Å². The molecule has 18 heavy (non-hydrogen) atoms. The number of nitrogens with zero attached hydrogens (tertiary/aromatic N) is 1. The molecule has 1 rings (SSSR count). The molecule has 0 spiro atoms. The number of amides is 2. The third-order valence-corrected chi connectivity index (χ3v) is 2.87. The lowest BCUT2D eigenvalue weighted by Crippen LogP contribution is -2.37. The molecule has 0 saturated heterocycles. The predicted molar refractivity (Wildman–Crippen MR) is 76.8 cm³/mol. The van der Waals surface area contributed by atoms with Gasteiger partial charge in [-0.3, -0.25) is 4.90 Å². The lowest BCUT2D eigenvalue weighted by Gasteiger charge is -2.21. The van der Waals surface area contributed by atoms with Crippen LogP contribution in [0.2, 0.25) is 0 Å². The number of allylic oxidation sites excluding steroid dienone is 1. The summed E-state index contributed by atoms with van der Waals surface area (Å²) in [5.74, 6) is 0. The Balaban J connectivity index is 2.80. The van der Waals surface area contributed by atoms with Crippen molar-refractivity contribution in [2.45, 2.75) is 34.1 Å².